The summed E-state index contributed by atoms with van der Waals surface area (Å²) in [6.07, 6.45) is 10.7. The van der Waals surface area contributed by atoms with Crippen molar-refractivity contribution in [2.75, 3.05) is 0 Å². The van der Waals surface area contributed by atoms with E-state index in [9.17, 15) is 0 Å². The number of rotatable bonds is 0. The fourth-order valence-electron chi connectivity index (χ4n) is 3.13. The van der Waals surface area contributed by atoms with Gasteiger partial charge in [-0.15, -0.1) is 0 Å². The Kier molecular flexibility index (Phi) is 2.20. The Bertz CT molecular complexity index is 128. The summed E-state index contributed by atoms with van der Waals surface area (Å²) >= 11 is 0. The van der Waals surface area contributed by atoms with Crippen LogP contribution >= 0.6 is 0 Å². The second kappa shape index (κ2) is 3.16. The lowest BCUT2D eigenvalue weighted by Gasteiger charge is -2.16. The van der Waals surface area contributed by atoms with Crippen LogP contribution in [0.5, 0.6) is 0 Å². The van der Waals surface area contributed by atoms with Crippen LogP contribution in [0.1, 0.15) is 51.9 Å². The van der Waals surface area contributed by atoms with Crippen LogP contribution in [0.15, 0.2) is 0 Å². The molecule has 0 N–H and O–H groups in total. The van der Waals surface area contributed by atoms with Crippen molar-refractivity contribution >= 4 is 0 Å². The lowest BCUT2D eigenvalue weighted by molar-refractivity contribution is 0.356. The Morgan fingerprint density at radius 2 is 1.73 bits per heavy atom. The molecule has 0 aliphatic heterocycles. The van der Waals surface area contributed by atoms with Crippen LogP contribution in [-0.4, -0.2) is 0 Å². The van der Waals surface area contributed by atoms with Crippen molar-refractivity contribution in [1.29, 1.82) is 0 Å². The van der Waals surface area contributed by atoms with Crippen LogP contribution in [0.25, 0.3) is 0 Å². The molecule has 2 rings (SSSR count). The average molecular weight is 152 g/mol. The molecule has 2 bridgehead atoms. The van der Waals surface area contributed by atoms with Crippen molar-refractivity contribution in [2.45, 2.75) is 51.9 Å². The van der Waals surface area contributed by atoms with E-state index in [1.165, 1.54) is 25.7 Å². The van der Waals surface area contributed by atoms with Crippen molar-refractivity contribution in [3.63, 3.8) is 0 Å². The summed E-state index contributed by atoms with van der Waals surface area (Å²) in [4.78, 5) is 0. The smallest absolute Gasteiger partial charge is 0.0386 e. The molecule has 0 nitrogen and oxygen atoms in total. The summed E-state index contributed by atoms with van der Waals surface area (Å²) in [7, 11) is 0. The largest absolute Gasteiger partial charge is 0.0622 e. The van der Waals surface area contributed by atoms with Crippen LogP contribution in [0.3, 0.4) is 0 Å². The molecule has 2 fully saturated rings. The van der Waals surface area contributed by atoms with E-state index in [-0.39, 0.29) is 0 Å². The molecule has 0 heterocycles. The maximum Gasteiger partial charge on any atom is -0.0386 e. The molecule has 3 atom stereocenters. The highest BCUT2D eigenvalue weighted by Gasteiger charge is 2.31. The summed E-state index contributed by atoms with van der Waals surface area (Å²) < 4.78 is 0. The van der Waals surface area contributed by atoms with Gasteiger partial charge in [0.25, 0.3) is 0 Å². The minimum atomic E-state index is 1.05. The van der Waals surface area contributed by atoms with Crippen LogP contribution in [-0.2, 0) is 0 Å². The van der Waals surface area contributed by atoms with Crippen molar-refractivity contribution < 1.29 is 0 Å². The standard InChI is InChI=1S/C11H20/c1-9-7-10-5-3-2-4-6-11(9)8-10/h9-11H,2-8H2,1H3/t9?,10-,11?/m0/s1. The van der Waals surface area contributed by atoms with Gasteiger partial charge in [0.1, 0.15) is 0 Å². The van der Waals surface area contributed by atoms with Crippen molar-refractivity contribution in [2.24, 2.45) is 17.8 Å². The summed E-state index contributed by atoms with van der Waals surface area (Å²) in [5, 5.41) is 0. The number of hydrogen-bond acceptors (Lipinski definition) is 0. The Labute approximate surface area is 70.4 Å². The van der Waals surface area contributed by atoms with E-state index in [1.54, 1.807) is 19.3 Å². The molecule has 0 aromatic carbocycles. The van der Waals surface area contributed by atoms with Gasteiger partial charge in [-0.05, 0) is 30.6 Å². The van der Waals surface area contributed by atoms with E-state index >= 15 is 0 Å². The fourth-order valence-corrected chi connectivity index (χ4v) is 3.13. The summed E-state index contributed by atoms with van der Waals surface area (Å²) in [6, 6.07) is 0. The molecule has 2 unspecified atom stereocenters. The zero-order chi connectivity index (χ0) is 7.68. The Morgan fingerprint density at radius 1 is 0.909 bits per heavy atom. The molecule has 11 heavy (non-hydrogen) atoms. The Morgan fingerprint density at radius 3 is 2.64 bits per heavy atom. The van der Waals surface area contributed by atoms with Crippen molar-refractivity contribution in [3.8, 4) is 0 Å². The first-order valence-electron chi connectivity index (χ1n) is 5.36. The molecule has 64 valence electrons. The minimum Gasteiger partial charge on any atom is -0.0622 e. The predicted octanol–water partition coefficient (Wildman–Crippen LogP) is 3.61. The zero-order valence-electron chi connectivity index (χ0n) is 7.68. The minimum absolute atomic E-state index is 1.05. The molecule has 0 aromatic heterocycles. The molecule has 0 aromatic rings. The van der Waals surface area contributed by atoms with Crippen LogP contribution in [0.4, 0.5) is 0 Å². The summed E-state index contributed by atoms with van der Waals surface area (Å²) in [5.74, 6) is 3.29. The van der Waals surface area contributed by atoms with E-state index < -0.39 is 0 Å². The quantitative estimate of drug-likeness (QED) is 0.497. The molecular weight excluding hydrogens is 132 g/mol. The van der Waals surface area contributed by atoms with Crippen LogP contribution in [0, 0.1) is 17.8 Å². The molecule has 0 saturated heterocycles. The Hall–Kier alpha value is 0. The number of fused-ring (bicyclic) bond motifs is 2. The van der Waals surface area contributed by atoms with E-state index in [0.717, 1.165) is 17.8 Å². The maximum atomic E-state index is 2.47. The van der Waals surface area contributed by atoms with Gasteiger partial charge in [-0.25, -0.2) is 0 Å². The third-order valence-corrected chi connectivity index (χ3v) is 3.83. The van der Waals surface area contributed by atoms with Gasteiger partial charge in [0, 0.05) is 0 Å². The third-order valence-electron chi connectivity index (χ3n) is 3.83. The van der Waals surface area contributed by atoms with Gasteiger partial charge in [-0.2, -0.15) is 0 Å². The molecular formula is C11H20. The van der Waals surface area contributed by atoms with Gasteiger partial charge in [-0.3, -0.25) is 0 Å². The monoisotopic (exact) mass is 152 g/mol. The van der Waals surface area contributed by atoms with Crippen LogP contribution < -0.4 is 0 Å². The second-order valence-corrected chi connectivity index (χ2v) is 4.71. The van der Waals surface area contributed by atoms with E-state index in [2.05, 4.69) is 6.92 Å². The van der Waals surface area contributed by atoms with Gasteiger partial charge in [0.2, 0.25) is 0 Å². The fraction of sp³-hybridized carbons (Fsp3) is 1.00. The lowest BCUT2D eigenvalue weighted by atomic mass is 9.90. The molecule has 0 amide bonds. The molecule has 2 saturated carbocycles. The van der Waals surface area contributed by atoms with Gasteiger partial charge < -0.3 is 0 Å². The van der Waals surface area contributed by atoms with Gasteiger partial charge in [0.05, 0.1) is 0 Å². The normalized spacial score (nSPS) is 45.0. The first kappa shape index (κ1) is 7.64. The van der Waals surface area contributed by atoms with E-state index in [0.29, 0.717) is 0 Å². The number of hydrogen-bond donors (Lipinski definition) is 0. The van der Waals surface area contributed by atoms with Gasteiger partial charge >= 0.3 is 0 Å². The highest BCUT2D eigenvalue weighted by atomic mass is 14.4. The predicted molar refractivity (Wildman–Crippen MR) is 48.5 cm³/mol. The highest BCUT2D eigenvalue weighted by Crippen LogP contribution is 2.42. The van der Waals surface area contributed by atoms with Crippen molar-refractivity contribution in [3.05, 3.63) is 0 Å². The maximum absolute atomic E-state index is 2.47. The van der Waals surface area contributed by atoms with Gasteiger partial charge in [0.15, 0.2) is 0 Å². The third kappa shape index (κ3) is 1.60. The van der Waals surface area contributed by atoms with Crippen LogP contribution in [0.2, 0.25) is 0 Å². The molecule has 0 spiro atoms. The van der Waals surface area contributed by atoms with Crippen molar-refractivity contribution in [1.82, 2.24) is 0 Å². The molecule has 0 heteroatoms. The first-order valence-corrected chi connectivity index (χ1v) is 5.36. The summed E-state index contributed by atoms with van der Waals surface area (Å²) in [5.41, 5.74) is 0. The van der Waals surface area contributed by atoms with E-state index in [1.807, 2.05) is 0 Å². The van der Waals surface area contributed by atoms with Gasteiger partial charge in [-0.1, -0.05) is 39.0 Å². The highest BCUT2D eigenvalue weighted by molar-refractivity contribution is 4.82. The lowest BCUT2D eigenvalue weighted by Crippen LogP contribution is -2.04. The zero-order valence-corrected chi connectivity index (χ0v) is 7.68. The first-order chi connectivity index (χ1) is 5.36. The molecule has 0 radical (unpaired) electrons. The SMILES string of the molecule is CC1C[C@@H]2CCCCCC1C2. The second-order valence-electron chi connectivity index (χ2n) is 4.71. The van der Waals surface area contributed by atoms with E-state index in [4.69, 9.17) is 0 Å². The molecule has 2 aliphatic rings. The molecule has 2 aliphatic carbocycles. The summed E-state index contributed by atoms with van der Waals surface area (Å²) in [6.45, 7) is 2.47. The average Bonchev–Trinajstić information content (AvgIpc) is 2.27. The Balaban J connectivity index is 1.97. The topological polar surface area (TPSA) is 0 Å².